The average molecular weight is 723 g/mol. The number of aromatic nitrogens is 2. The van der Waals surface area contributed by atoms with E-state index in [9.17, 15) is 14.4 Å². The highest BCUT2D eigenvalue weighted by Gasteiger charge is 2.44. The molecule has 4 aromatic rings. The topological polar surface area (TPSA) is 109 Å². The Morgan fingerprint density at radius 3 is 2.58 bits per heavy atom. The Hall–Kier alpha value is -4.81. The van der Waals surface area contributed by atoms with Gasteiger partial charge in [0.25, 0.3) is 5.91 Å². The number of nitrogens with one attached hydrogen (secondary N) is 1. The van der Waals surface area contributed by atoms with Gasteiger partial charge in [0.05, 0.1) is 29.9 Å². The van der Waals surface area contributed by atoms with Gasteiger partial charge in [0.2, 0.25) is 5.43 Å². The Morgan fingerprint density at radius 1 is 1.08 bits per heavy atom. The molecular weight excluding hydrogens is 675 g/mol. The van der Waals surface area contributed by atoms with Crippen molar-refractivity contribution in [3.05, 3.63) is 88.6 Å². The number of esters is 1. The summed E-state index contributed by atoms with van der Waals surface area (Å²) in [5.74, 6) is -0.334. The molecule has 1 aliphatic carbocycles. The molecule has 2 aromatic carbocycles. The van der Waals surface area contributed by atoms with Crippen molar-refractivity contribution in [1.29, 1.82) is 0 Å². The second kappa shape index (κ2) is 14.5. The van der Waals surface area contributed by atoms with Crippen LogP contribution in [0.5, 0.6) is 5.75 Å². The van der Waals surface area contributed by atoms with Crippen molar-refractivity contribution in [2.45, 2.75) is 50.8 Å². The van der Waals surface area contributed by atoms with E-state index in [1.807, 2.05) is 39.8 Å². The van der Waals surface area contributed by atoms with E-state index < -0.39 is 35.8 Å². The normalized spacial score (nSPS) is 23.6. The van der Waals surface area contributed by atoms with Crippen LogP contribution in [0.3, 0.4) is 0 Å². The number of anilines is 1. The third kappa shape index (κ3) is 6.78. The van der Waals surface area contributed by atoms with Crippen molar-refractivity contribution >= 4 is 39.4 Å². The first kappa shape index (κ1) is 35.2. The van der Waals surface area contributed by atoms with Crippen molar-refractivity contribution in [3.63, 3.8) is 0 Å². The average Bonchev–Trinajstić information content (AvgIpc) is 4.05. The molecule has 1 N–H and O–H groups in total. The third-order valence-electron chi connectivity index (χ3n) is 11.9. The van der Waals surface area contributed by atoms with Gasteiger partial charge in [0.1, 0.15) is 29.8 Å². The third-order valence-corrected chi connectivity index (χ3v) is 11.9. The lowest BCUT2D eigenvalue weighted by Gasteiger charge is -2.51. The number of halogens is 1. The van der Waals surface area contributed by atoms with Gasteiger partial charge in [-0.15, -0.1) is 6.58 Å². The molecule has 5 fully saturated rings. The van der Waals surface area contributed by atoms with E-state index in [4.69, 9.17) is 9.47 Å². The smallest absolute Gasteiger partial charge is 0.326 e. The number of fused-ring (bicyclic) bond motifs is 5. The van der Waals surface area contributed by atoms with E-state index in [2.05, 4.69) is 33.6 Å². The number of pyridine rings is 2. The van der Waals surface area contributed by atoms with Gasteiger partial charge in [-0.3, -0.25) is 24.3 Å². The van der Waals surface area contributed by atoms with E-state index in [0.29, 0.717) is 41.9 Å². The van der Waals surface area contributed by atoms with Crippen molar-refractivity contribution in [1.82, 2.24) is 24.7 Å². The Bertz CT molecular complexity index is 2130. The predicted molar refractivity (Wildman–Crippen MR) is 202 cm³/mol. The van der Waals surface area contributed by atoms with Crippen LogP contribution in [0.15, 0.2) is 66.2 Å². The number of ether oxygens (including phenoxy) is 2. The summed E-state index contributed by atoms with van der Waals surface area (Å²) in [5, 5.41) is 3.63. The lowest BCUT2D eigenvalue weighted by atomic mass is 9.73. The lowest BCUT2D eigenvalue weighted by molar-refractivity contribution is -0.156. The first-order chi connectivity index (χ1) is 25.8. The SMILES string of the molecule is C=CC1CN2CC[C@H]1CC2[C@H](OC(=O)CNC(=O)c1cn(C2CC2)c2cc(N3CCN(CC)CC3)c(F)cc2c1=O)c1ccnc2ccc(OC)cc12. The molecule has 6 heterocycles. The van der Waals surface area contributed by atoms with E-state index in [-0.39, 0.29) is 23.0 Å². The van der Waals surface area contributed by atoms with Crippen LogP contribution in [0.2, 0.25) is 0 Å². The maximum atomic E-state index is 15.7. The molecule has 9 rings (SSSR count). The standard InChI is InChI=1S/C41H47FN6O5/c1-4-25-23-47-13-11-26(25)18-37(47)40(29-10-12-43-34-9-8-28(52-3)19-30(29)34)53-38(49)22-44-41(51)32-24-48(27-6-7-27)35-21-36(33(42)20-31(35)39(32)50)46-16-14-45(5-2)15-17-46/h4,8-10,12,19-21,24-27,37,40H,1,5-7,11,13-18,22-23H2,2-3H3,(H,44,51)/t25?,26-,37?,40+/m0/s1. The number of benzene rings is 2. The van der Waals surface area contributed by atoms with Gasteiger partial charge < -0.3 is 29.2 Å². The number of hydrogen-bond donors (Lipinski definition) is 1. The Balaban J connectivity index is 1.05. The predicted octanol–water partition coefficient (Wildman–Crippen LogP) is 5.08. The quantitative estimate of drug-likeness (QED) is 0.168. The largest absolute Gasteiger partial charge is 0.497 e. The minimum atomic E-state index is -0.701. The molecule has 2 aromatic heterocycles. The number of carbonyl (C=O) groups is 2. The fourth-order valence-electron chi connectivity index (χ4n) is 8.72. The van der Waals surface area contributed by atoms with Gasteiger partial charge in [0, 0.05) is 67.5 Å². The van der Waals surface area contributed by atoms with Crippen LogP contribution in [0.1, 0.15) is 60.7 Å². The molecule has 1 amide bonds. The second-order valence-electron chi connectivity index (χ2n) is 14.9. The monoisotopic (exact) mass is 722 g/mol. The molecule has 3 unspecified atom stereocenters. The number of amides is 1. The minimum absolute atomic E-state index is 0.0806. The Morgan fingerprint density at radius 2 is 1.89 bits per heavy atom. The fraction of sp³-hybridized carbons (Fsp3) is 0.463. The van der Waals surface area contributed by atoms with Crippen LogP contribution in [0.4, 0.5) is 10.1 Å². The summed E-state index contributed by atoms with van der Waals surface area (Å²) in [6.45, 7) is 11.5. The van der Waals surface area contributed by atoms with Gasteiger partial charge in [0.15, 0.2) is 0 Å². The maximum Gasteiger partial charge on any atom is 0.326 e. The molecule has 53 heavy (non-hydrogen) atoms. The maximum absolute atomic E-state index is 15.7. The van der Waals surface area contributed by atoms with E-state index in [0.717, 1.165) is 74.9 Å². The highest BCUT2D eigenvalue weighted by molar-refractivity contribution is 5.99. The Labute approximate surface area is 308 Å². The highest BCUT2D eigenvalue weighted by atomic mass is 19.1. The van der Waals surface area contributed by atoms with Crippen LogP contribution < -0.4 is 20.4 Å². The first-order valence-corrected chi connectivity index (χ1v) is 18.9. The van der Waals surface area contributed by atoms with Gasteiger partial charge in [-0.1, -0.05) is 13.0 Å². The molecule has 12 heteroatoms. The van der Waals surface area contributed by atoms with E-state index in [1.54, 1.807) is 25.6 Å². The molecule has 0 spiro atoms. The molecule has 4 saturated heterocycles. The van der Waals surface area contributed by atoms with Crippen LogP contribution in [-0.4, -0.2) is 96.7 Å². The molecule has 4 aliphatic heterocycles. The van der Waals surface area contributed by atoms with Crippen LogP contribution in [-0.2, 0) is 9.53 Å². The van der Waals surface area contributed by atoms with Gasteiger partial charge in [-0.2, -0.15) is 0 Å². The zero-order valence-corrected chi connectivity index (χ0v) is 30.4. The zero-order valence-electron chi connectivity index (χ0n) is 30.4. The second-order valence-corrected chi connectivity index (χ2v) is 14.9. The van der Waals surface area contributed by atoms with Crippen LogP contribution in [0, 0.1) is 17.7 Å². The van der Waals surface area contributed by atoms with Crippen molar-refractivity contribution < 1.29 is 23.5 Å². The Kier molecular flexibility index (Phi) is 9.67. The highest BCUT2D eigenvalue weighted by Crippen LogP contribution is 2.44. The summed E-state index contributed by atoms with van der Waals surface area (Å²) in [5.41, 5.74) is 1.96. The zero-order chi connectivity index (χ0) is 36.8. The number of piperazine rings is 1. The molecular formula is C41H47FN6O5. The number of hydrogen-bond acceptors (Lipinski definition) is 9. The number of piperidine rings is 3. The number of nitrogens with zero attached hydrogens (tertiary/aromatic N) is 5. The summed E-state index contributed by atoms with van der Waals surface area (Å²) >= 11 is 0. The minimum Gasteiger partial charge on any atom is -0.497 e. The van der Waals surface area contributed by atoms with Crippen molar-refractivity contribution in [3.8, 4) is 5.75 Å². The van der Waals surface area contributed by atoms with E-state index in [1.165, 1.54) is 6.07 Å². The number of methoxy groups -OCH3 is 1. The summed E-state index contributed by atoms with van der Waals surface area (Å²) in [7, 11) is 1.61. The van der Waals surface area contributed by atoms with Gasteiger partial charge in [-0.25, -0.2) is 4.39 Å². The molecule has 0 radical (unpaired) electrons. The lowest BCUT2D eigenvalue weighted by Crippen LogP contribution is -2.55. The van der Waals surface area contributed by atoms with Crippen LogP contribution >= 0.6 is 0 Å². The molecule has 5 atom stereocenters. The van der Waals surface area contributed by atoms with Crippen molar-refractivity contribution in [2.75, 3.05) is 64.4 Å². The van der Waals surface area contributed by atoms with Crippen molar-refractivity contribution in [2.24, 2.45) is 11.8 Å². The summed E-state index contributed by atoms with van der Waals surface area (Å²) in [4.78, 5) is 52.4. The molecule has 5 aliphatic rings. The molecule has 278 valence electrons. The molecule has 2 bridgehead atoms. The summed E-state index contributed by atoms with van der Waals surface area (Å²) in [6, 6.07) is 10.6. The molecule has 11 nitrogen and oxygen atoms in total. The first-order valence-electron chi connectivity index (χ1n) is 18.9. The summed E-state index contributed by atoms with van der Waals surface area (Å²) in [6.07, 6.45) is 8.37. The number of carbonyl (C=O) groups excluding carboxylic acids is 2. The fourth-order valence-corrected chi connectivity index (χ4v) is 8.72. The number of rotatable bonds is 11. The van der Waals surface area contributed by atoms with Gasteiger partial charge >= 0.3 is 5.97 Å². The van der Waals surface area contributed by atoms with Crippen LogP contribution in [0.25, 0.3) is 21.8 Å². The molecule has 1 saturated carbocycles. The summed E-state index contributed by atoms with van der Waals surface area (Å²) < 4.78 is 29.4. The number of likely N-dealkylation sites (N-methyl/N-ethyl adjacent to an activating group) is 1. The van der Waals surface area contributed by atoms with E-state index >= 15 is 4.39 Å². The van der Waals surface area contributed by atoms with Gasteiger partial charge in [-0.05, 0) is 87.0 Å².